The Balaban J connectivity index is 1.24. The zero-order valence-electron chi connectivity index (χ0n) is 32.1. The summed E-state index contributed by atoms with van der Waals surface area (Å²) < 4.78 is 14.3. The second-order valence-electron chi connectivity index (χ2n) is 13.7. The Morgan fingerprint density at radius 2 is 1.27 bits per heavy atom. The van der Waals surface area contributed by atoms with E-state index in [1.807, 2.05) is 56.3 Å². The predicted octanol–water partition coefficient (Wildman–Crippen LogP) is 13.5. The van der Waals surface area contributed by atoms with Crippen molar-refractivity contribution < 1.29 is 9.47 Å². The molecule has 0 amide bonds. The highest BCUT2D eigenvalue weighted by Crippen LogP contribution is 2.58. The van der Waals surface area contributed by atoms with E-state index in [9.17, 15) is 0 Å². The van der Waals surface area contributed by atoms with Gasteiger partial charge >= 0.3 is 0 Å². The summed E-state index contributed by atoms with van der Waals surface area (Å²) in [5.41, 5.74) is 12.0. The summed E-state index contributed by atoms with van der Waals surface area (Å²) in [7, 11) is 0. The van der Waals surface area contributed by atoms with E-state index in [1.165, 1.54) is 22.3 Å². The molecule has 276 valence electrons. The molecule has 56 heavy (non-hydrogen) atoms. The lowest BCUT2D eigenvalue weighted by Crippen LogP contribution is -2.28. The zero-order chi connectivity index (χ0) is 39.4. The van der Waals surface area contributed by atoms with E-state index in [0.29, 0.717) is 23.0 Å². The van der Waals surface area contributed by atoms with Crippen LogP contribution in [0.2, 0.25) is 0 Å². The highest BCUT2D eigenvalue weighted by atomic mass is 127. The van der Waals surface area contributed by atoms with Gasteiger partial charge in [0.15, 0.2) is 28.9 Å². The number of halogens is 1. The normalized spacial score (nSPS) is 16.6. The Hall–Kier alpha value is -6.05. The number of nitrogens with zero attached hydrogens (tertiary/aromatic N) is 1. The molecule has 0 unspecified atom stereocenters. The molecule has 5 heteroatoms. The van der Waals surface area contributed by atoms with Crippen LogP contribution in [0.25, 0.3) is 16.7 Å². The number of nitrogens with one attached hydrogen (secondary N) is 1. The summed E-state index contributed by atoms with van der Waals surface area (Å²) in [6.45, 7) is 15.9. The molecule has 0 atom stereocenters. The van der Waals surface area contributed by atoms with Gasteiger partial charge in [-0.1, -0.05) is 153 Å². The van der Waals surface area contributed by atoms with Crippen LogP contribution in [-0.4, -0.2) is 9.55 Å². The van der Waals surface area contributed by atoms with Crippen molar-refractivity contribution in [1.82, 2.24) is 0 Å². The smallest absolute Gasteiger partial charge is 0.172 e. The van der Waals surface area contributed by atoms with Crippen molar-refractivity contribution in [3.63, 3.8) is 0 Å². The number of aliphatic imine (C=N–C) groups is 1. The van der Waals surface area contributed by atoms with Crippen molar-refractivity contribution in [3.05, 3.63) is 233 Å². The molecule has 5 aromatic carbocycles. The van der Waals surface area contributed by atoms with E-state index in [2.05, 4.69) is 158 Å². The maximum atomic E-state index is 8.85. The fourth-order valence-electron chi connectivity index (χ4n) is 7.59. The van der Waals surface area contributed by atoms with Gasteiger partial charge in [-0.3, -0.25) is 5.41 Å². The first-order valence-corrected chi connectivity index (χ1v) is 19.7. The number of fused-ring (bicyclic) bond motifs is 4. The molecule has 0 aromatic heterocycles. The third-order valence-electron chi connectivity index (χ3n) is 10.5. The third-order valence-corrected chi connectivity index (χ3v) is 11.6. The van der Waals surface area contributed by atoms with Gasteiger partial charge in [0.25, 0.3) is 0 Å². The molecule has 0 saturated carbocycles. The summed E-state index contributed by atoms with van der Waals surface area (Å²) in [4.78, 5) is 4.68. The molecule has 1 heterocycles. The molecule has 0 radical (unpaired) electrons. The number of allylic oxidation sites excluding steroid dienone is 10. The van der Waals surface area contributed by atoms with Crippen LogP contribution in [0.1, 0.15) is 61.1 Å². The third kappa shape index (κ3) is 6.88. The van der Waals surface area contributed by atoms with Crippen molar-refractivity contribution in [1.29, 1.82) is 5.41 Å². The molecule has 0 bridgehead atoms. The van der Waals surface area contributed by atoms with Gasteiger partial charge in [0.1, 0.15) is 3.72 Å². The van der Waals surface area contributed by atoms with Crippen LogP contribution in [0.4, 0.5) is 0 Å². The van der Waals surface area contributed by atoms with E-state index < -0.39 is 5.41 Å². The van der Waals surface area contributed by atoms with Crippen LogP contribution in [-0.2, 0) is 5.41 Å². The molecular weight excluding hydrogens is 799 g/mol. The maximum Gasteiger partial charge on any atom is 0.172 e. The Labute approximate surface area is 344 Å². The average Bonchev–Trinajstić information content (AvgIpc) is 3.53. The number of hydrogen-bond donors (Lipinski definition) is 1. The Morgan fingerprint density at radius 3 is 1.91 bits per heavy atom. The van der Waals surface area contributed by atoms with Crippen LogP contribution < -0.4 is 9.47 Å². The number of ether oxygens (including phenoxy) is 2. The highest BCUT2D eigenvalue weighted by molar-refractivity contribution is 14.1. The minimum Gasteiger partial charge on any atom is -0.450 e. The summed E-state index contributed by atoms with van der Waals surface area (Å²) in [5, 5.41) is 8.85. The average molecular weight is 843 g/mol. The molecule has 2 aliphatic rings. The monoisotopic (exact) mass is 842 g/mol. The van der Waals surface area contributed by atoms with Gasteiger partial charge < -0.3 is 9.47 Å². The molecule has 1 aliphatic carbocycles. The maximum absolute atomic E-state index is 8.85. The summed E-state index contributed by atoms with van der Waals surface area (Å²) >= 11 is 2.20. The largest absolute Gasteiger partial charge is 0.450 e. The summed E-state index contributed by atoms with van der Waals surface area (Å²) in [5.74, 6) is 2.88. The van der Waals surface area contributed by atoms with Crippen molar-refractivity contribution >= 4 is 37.7 Å². The van der Waals surface area contributed by atoms with Gasteiger partial charge in [0.2, 0.25) is 0 Å². The van der Waals surface area contributed by atoms with Crippen LogP contribution in [0.3, 0.4) is 0 Å². The van der Waals surface area contributed by atoms with Gasteiger partial charge in [-0.2, -0.15) is 0 Å². The fourth-order valence-corrected chi connectivity index (χ4v) is 8.01. The molecule has 1 aliphatic heterocycles. The van der Waals surface area contributed by atoms with Crippen molar-refractivity contribution in [2.24, 2.45) is 4.99 Å². The molecule has 0 saturated heterocycles. The number of benzene rings is 5. The van der Waals surface area contributed by atoms with Crippen molar-refractivity contribution in [2.45, 2.75) is 33.1 Å². The van der Waals surface area contributed by atoms with Crippen LogP contribution in [0.5, 0.6) is 11.5 Å². The SMILES string of the molecule is C=C/C=C(\C=C)c1ccccc1C(=N)/N=C(I)/C(C)=C/C=C(C)/C(C)=C1\Oc2cc3c(cc2O\C1=C\C)C(c1ccccc1)(c1ccccc1)c1ccccc1-3. The van der Waals surface area contributed by atoms with Gasteiger partial charge in [-0.05, 0) is 130 Å². The second kappa shape index (κ2) is 16.4. The van der Waals surface area contributed by atoms with Gasteiger partial charge in [0, 0.05) is 5.56 Å². The van der Waals surface area contributed by atoms with Crippen LogP contribution >= 0.6 is 22.6 Å². The summed E-state index contributed by atoms with van der Waals surface area (Å²) in [6.07, 6.45) is 11.4. The quantitative estimate of drug-likeness (QED) is 0.0682. The van der Waals surface area contributed by atoms with Gasteiger partial charge in [-0.15, -0.1) is 0 Å². The molecule has 7 rings (SSSR count). The van der Waals surface area contributed by atoms with E-state index in [1.54, 1.807) is 12.2 Å². The highest BCUT2D eigenvalue weighted by Gasteiger charge is 2.47. The van der Waals surface area contributed by atoms with E-state index in [4.69, 9.17) is 14.9 Å². The zero-order valence-corrected chi connectivity index (χ0v) is 34.2. The molecule has 0 spiro atoms. The fraction of sp³-hybridized carbons (Fsp3) is 0.0980. The lowest BCUT2D eigenvalue weighted by Gasteiger charge is -2.34. The number of rotatable bonds is 9. The van der Waals surface area contributed by atoms with E-state index >= 15 is 0 Å². The second-order valence-corrected chi connectivity index (χ2v) is 14.8. The van der Waals surface area contributed by atoms with Crippen molar-refractivity contribution in [3.8, 4) is 22.6 Å². The molecule has 5 aromatic rings. The van der Waals surface area contributed by atoms with E-state index in [0.717, 1.165) is 48.3 Å². The van der Waals surface area contributed by atoms with Crippen LogP contribution in [0.15, 0.2) is 204 Å². The molecule has 0 fully saturated rings. The minimum atomic E-state index is -0.530. The lowest BCUT2D eigenvalue weighted by atomic mass is 9.67. The van der Waals surface area contributed by atoms with Gasteiger partial charge in [0.05, 0.1) is 5.41 Å². The van der Waals surface area contributed by atoms with Crippen LogP contribution in [0, 0.1) is 5.41 Å². The standard InChI is InChI=1S/C51H43IN2O2/c1-7-20-36(8-2)39-25-16-17-27-41(39)50(53)54-49(52)34(5)30-29-33(4)35(6)48-45(9-3)55-47-32-44-42(31-46(47)56-48)40-26-18-19-28-43(40)51(44,37-21-12-10-13-22-37)38-23-14-11-15-24-38/h7-32,53H,1-2H2,3-6H3/b33-29+,34-30+,36-20+,45-9+,48-35-,53-50?,54-49-. The number of hydrogen-bond acceptors (Lipinski definition) is 3. The van der Waals surface area contributed by atoms with Crippen molar-refractivity contribution in [2.75, 3.05) is 0 Å². The number of amidine groups is 1. The molecule has 1 N–H and O–H groups in total. The Morgan fingerprint density at radius 1 is 0.679 bits per heavy atom. The first-order chi connectivity index (χ1) is 27.2. The lowest BCUT2D eigenvalue weighted by molar-refractivity contribution is 0.290. The predicted molar refractivity (Wildman–Crippen MR) is 242 cm³/mol. The Kier molecular flexibility index (Phi) is 11.2. The molecule has 4 nitrogen and oxygen atoms in total. The first-order valence-electron chi connectivity index (χ1n) is 18.6. The summed E-state index contributed by atoms with van der Waals surface area (Å²) in [6, 6.07) is 42.3. The topological polar surface area (TPSA) is 54.7 Å². The first kappa shape index (κ1) is 38.2. The molecular formula is C51H43IN2O2. The van der Waals surface area contributed by atoms with Gasteiger partial charge in [-0.25, -0.2) is 4.99 Å². The minimum absolute atomic E-state index is 0.177. The Bertz CT molecular complexity index is 2530. The van der Waals surface area contributed by atoms with E-state index in [-0.39, 0.29) is 5.84 Å².